The number of aliphatic hydroxyl groups excluding tert-OH is 1. The van der Waals surface area contributed by atoms with Crippen molar-refractivity contribution in [2.24, 2.45) is 5.92 Å². The number of rotatable bonds is 5. The molecule has 0 saturated heterocycles. The lowest BCUT2D eigenvalue weighted by molar-refractivity contribution is 0.0897. The summed E-state index contributed by atoms with van der Waals surface area (Å²) >= 11 is 0. The van der Waals surface area contributed by atoms with E-state index < -0.39 is 0 Å². The van der Waals surface area contributed by atoms with Gasteiger partial charge in [-0.3, -0.25) is 4.79 Å². The smallest absolute Gasteiger partial charge is 0.253 e. The van der Waals surface area contributed by atoms with Crippen molar-refractivity contribution in [2.75, 3.05) is 19.5 Å². The zero-order valence-corrected chi connectivity index (χ0v) is 10.9. The fourth-order valence-electron chi connectivity index (χ4n) is 1.54. The van der Waals surface area contributed by atoms with Crippen LogP contribution >= 0.6 is 0 Å². The molecule has 1 atom stereocenters. The predicted molar refractivity (Wildman–Crippen MR) is 70.6 cm³/mol. The monoisotopic (exact) mass is 252 g/mol. The Morgan fingerprint density at radius 2 is 2.17 bits per heavy atom. The third-order valence-corrected chi connectivity index (χ3v) is 2.82. The normalized spacial score (nSPS) is 12.3. The van der Waals surface area contributed by atoms with Crippen LogP contribution in [0, 0.1) is 5.92 Å². The predicted octanol–water partition coefficient (Wildman–Crippen LogP) is 1.02. The van der Waals surface area contributed by atoms with E-state index in [2.05, 4.69) is 5.32 Å². The summed E-state index contributed by atoms with van der Waals surface area (Å²) in [5.74, 6) is 0.466. The van der Waals surface area contributed by atoms with Crippen molar-refractivity contribution >= 4 is 11.6 Å². The van der Waals surface area contributed by atoms with Crippen LogP contribution in [-0.2, 0) is 0 Å². The lowest BCUT2D eigenvalue weighted by Gasteiger charge is -2.20. The van der Waals surface area contributed by atoms with E-state index in [-0.39, 0.29) is 24.5 Å². The molecule has 5 nitrogen and oxygen atoms in total. The number of hydrogen-bond donors (Lipinski definition) is 3. The lowest BCUT2D eigenvalue weighted by Crippen LogP contribution is -2.41. The van der Waals surface area contributed by atoms with Crippen LogP contribution in [-0.4, -0.2) is 30.8 Å². The molecule has 1 aromatic carbocycles. The molecule has 1 amide bonds. The van der Waals surface area contributed by atoms with Gasteiger partial charge < -0.3 is 20.9 Å². The Balaban J connectivity index is 2.84. The third kappa shape index (κ3) is 3.37. The van der Waals surface area contributed by atoms with E-state index in [0.29, 0.717) is 17.0 Å². The number of hydrogen-bond acceptors (Lipinski definition) is 4. The zero-order valence-electron chi connectivity index (χ0n) is 10.9. The summed E-state index contributed by atoms with van der Waals surface area (Å²) in [6.45, 7) is 3.76. The van der Waals surface area contributed by atoms with Gasteiger partial charge in [0.2, 0.25) is 0 Å². The number of amides is 1. The van der Waals surface area contributed by atoms with E-state index >= 15 is 0 Å². The summed E-state index contributed by atoms with van der Waals surface area (Å²) in [6, 6.07) is 4.60. The fraction of sp³-hybridized carbons (Fsp3) is 0.462. The minimum Gasteiger partial charge on any atom is -0.497 e. The Bertz CT molecular complexity index is 419. The molecule has 0 saturated carbocycles. The standard InChI is InChI=1S/C13H20N2O3/c1-8(2)12(7-16)15-13(17)10-5-4-9(18-3)6-11(10)14/h4-6,8,12,16H,7,14H2,1-3H3,(H,15,17). The van der Waals surface area contributed by atoms with Crippen LogP contribution in [0.2, 0.25) is 0 Å². The van der Waals surface area contributed by atoms with Gasteiger partial charge in [-0.1, -0.05) is 13.8 Å². The van der Waals surface area contributed by atoms with Crippen molar-refractivity contribution in [1.29, 1.82) is 0 Å². The largest absolute Gasteiger partial charge is 0.497 e. The minimum atomic E-state index is -0.289. The molecule has 0 radical (unpaired) electrons. The number of ether oxygens (including phenoxy) is 1. The van der Waals surface area contributed by atoms with Crippen molar-refractivity contribution in [1.82, 2.24) is 5.32 Å². The van der Waals surface area contributed by atoms with E-state index in [1.807, 2.05) is 13.8 Å². The van der Waals surface area contributed by atoms with Crippen molar-refractivity contribution in [2.45, 2.75) is 19.9 Å². The van der Waals surface area contributed by atoms with Gasteiger partial charge in [0.05, 0.1) is 25.3 Å². The maximum absolute atomic E-state index is 12.0. The second-order valence-electron chi connectivity index (χ2n) is 4.46. The summed E-state index contributed by atoms with van der Waals surface area (Å²) in [5.41, 5.74) is 6.53. The van der Waals surface area contributed by atoms with Gasteiger partial charge in [0, 0.05) is 11.8 Å². The first-order chi connectivity index (χ1) is 8.49. The van der Waals surface area contributed by atoms with Gasteiger partial charge in [0.15, 0.2) is 0 Å². The molecule has 0 aromatic heterocycles. The van der Waals surface area contributed by atoms with Crippen LogP contribution in [0.4, 0.5) is 5.69 Å². The van der Waals surface area contributed by atoms with Gasteiger partial charge in [-0.25, -0.2) is 0 Å². The first kappa shape index (κ1) is 14.3. The number of nitrogens with two attached hydrogens (primary N) is 1. The number of aliphatic hydroxyl groups is 1. The number of methoxy groups -OCH3 is 1. The Hall–Kier alpha value is -1.75. The number of anilines is 1. The molecule has 1 aromatic rings. The van der Waals surface area contributed by atoms with Crippen LogP contribution in [0.15, 0.2) is 18.2 Å². The van der Waals surface area contributed by atoms with Crippen LogP contribution in [0.1, 0.15) is 24.2 Å². The number of benzene rings is 1. The Morgan fingerprint density at radius 3 is 2.61 bits per heavy atom. The topological polar surface area (TPSA) is 84.6 Å². The van der Waals surface area contributed by atoms with Crippen molar-refractivity contribution in [3.05, 3.63) is 23.8 Å². The van der Waals surface area contributed by atoms with Gasteiger partial charge in [-0.2, -0.15) is 0 Å². The number of carbonyl (C=O) groups excluding carboxylic acids is 1. The molecule has 100 valence electrons. The summed E-state index contributed by atoms with van der Waals surface area (Å²) in [6.07, 6.45) is 0. The average molecular weight is 252 g/mol. The second kappa shape index (κ2) is 6.26. The molecule has 0 spiro atoms. The summed E-state index contributed by atoms with van der Waals surface area (Å²) in [5, 5.41) is 11.9. The second-order valence-corrected chi connectivity index (χ2v) is 4.46. The highest BCUT2D eigenvalue weighted by molar-refractivity contribution is 5.99. The van der Waals surface area contributed by atoms with Crippen molar-refractivity contribution in [3.8, 4) is 5.75 Å². The van der Waals surface area contributed by atoms with Crippen molar-refractivity contribution < 1.29 is 14.6 Å². The van der Waals surface area contributed by atoms with E-state index in [0.717, 1.165) is 0 Å². The third-order valence-electron chi connectivity index (χ3n) is 2.82. The van der Waals surface area contributed by atoms with E-state index in [4.69, 9.17) is 10.5 Å². The molecule has 1 unspecified atom stereocenters. The van der Waals surface area contributed by atoms with Gasteiger partial charge in [0.25, 0.3) is 5.91 Å². The lowest BCUT2D eigenvalue weighted by atomic mass is 10.0. The Morgan fingerprint density at radius 1 is 1.50 bits per heavy atom. The molecule has 0 fully saturated rings. The highest BCUT2D eigenvalue weighted by Crippen LogP contribution is 2.19. The van der Waals surface area contributed by atoms with Crippen LogP contribution in [0.5, 0.6) is 5.75 Å². The van der Waals surface area contributed by atoms with E-state index in [9.17, 15) is 9.90 Å². The number of carbonyl (C=O) groups is 1. The van der Waals surface area contributed by atoms with E-state index in [1.165, 1.54) is 7.11 Å². The van der Waals surface area contributed by atoms with Crippen LogP contribution in [0.25, 0.3) is 0 Å². The highest BCUT2D eigenvalue weighted by atomic mass is 16.5. The fourth-order valence-corrected chi connectivity index (χ4v) is 1.54. The molecule has 0 aliphatic heterocycles. The number of nitrogens with one attached hydrogen (secondary N) is 1. The SMILES string of the molecule is COc1ccc(C(=O)NC(CO)C(C)C)c(N)c1. The average Bonchev–Trinajstić information content (AvgIpc) is 2.34. The van der Waals surface area contributed by atoms with E-state index in [1.54, 1.807) is 18.2 Å². The van der Waals surface area contributed by atoms with Gasteiger partial charge in [-0.05, 0) is 18.1 Å². The zero-order chi connectivity index (χ0) is 13.7. The molecule has 4 N–H and O–H groups in total. The molecule has 0 heterocycles. The molecular formula is C13H20N2O3. The maximum Gasteiger partial charge on any atom is 0.253 e. The highest BCUT2D eigenvalue weighted by Gasteiger charge is 2.17. The molecule has 0 bridgehead atoms. The molecular weight excluding hydrogens is 232 g/mol. The first-order valence-corrected chi connectivity index (χ1v) is 5.84. The Labute approximate surface area is 107 Å². The minimum absolute atomic E-state index is 0.0978. The number of nitrogen functional groups attached to an aromatic ring is 1. The molecule has 0 aliphatic carbocycles. The van der Waals surface area contributed by atoms with Crippen LogP contribution < -0.4 is 15.8 Å². The van der Waals surface area contributed by atoms with Crippen molar-refractivity contribution in [3.63, 3.8) is 0 Å². The van der Waals surface area contributed by atoms with Gasteiger partial charge in [-0.15, -0.1) is 0 Å². The van der Waals surface area contributed by atoms with Crippen LogP contribution in [0.3, 0.4) is 0 Å². The molecule has 0 aliphatic rings. The summed E-state index contributed by atoms with van der Waals surface area (Å²) in [7, 11) is 1.54. The van der Waals surface area contributed by atoms with Gasteiger partial charge >= 0.3 is 0 Å². The molecule has 5 heteroatoms. The molecule has 18 heavy (non-hydrogen) atoms. The molecule has 1 rings (SSSR count). The first-order valence-electron chi connectivity index (χ1n) is 5.84. The summed E-state index contributed by atoms with van der Waals surface area (Å²) < 4.78 is 5.02. The quantitative estimate of drug-likeness (QED) is 0.683. The summed E-state index contributed by atoms with van der Waals surface area (Å²) in [4.78, 5) is 12.0. The maximum atomic E-state index is 12.0. The Kier molecular flexibility index (Phi) is 4.97. The van der Waals surface area contributed by atoms with Gasteiger partial charge in [0.1, 0.15) is 5.75 Å².